The van der Waals surface area contributed by atoms with Crippen molar-refractivity contribution in [1.82, 2.24) is 5.32 Å². The van der Waals surface area contributed by atoms with Gasteiger partial charge in [-0.05, 0) is 12.1 Å². The number of halogens is 3. The Morgan fingerprint density at radius 3 is 2.43 bits per heavy atom. The van der Waals surface area contributed by atoms with Crippen molar-refractivity contribution in [3.63, 3.8) is 0 Å². The SMILES string of the molecule is O=C(NC1=NCCS1)C(=O)Nc1ccccc1C(F)(F)F. The van der Waals surface area contributed by atoms with Gasteiger partial charge in [-0.2, -0.15) is 13.2 Å². The number of carbonyl (C=O) groups is 2. The number of hydrogen-bond donors (Lipinski definition) is 2. The highest BCUT2D eigenvalue weighted by molar-refractivity contribution is 8.14. The predicted molar refractivity (Wildman–Crippen MR) is 73.0 cm³/mol. The molecule has 0 spiro atoms. The number of carbonyl (C=O) groups excluding carboxylic acids is 2. The molecule has 112 valence electrons. The number of nitrogens with zero attached hydrogens (tertiary/aromatic N) is 1. The number of amides is 2. The van der Waals surface area contributed by atoms with Crippen LogP contribution >= 0.6 is 11.8 Å². The standard InChI is InChI=1S/C12H10F3N3O2S/c13-12(14,15)7-3-1-2-4-8(7)17-9(19)10(20)18-11-16-5-6-21-11/h1-4H,5-6H2,(H,17,19)(H,16,18,20). The van der Waals surface area contributed by atoms with Crippen molar-refractivity contribution in [3.05, 3.63) is 29.8 Å². The molecule has 2 amide bonds. The minimum Gasteiger partial charge on any atom is -0.317 e. The van der Waals surface area contributed by atoms with Crippen LogP contribution in [0.15, 0.2) is 29.3 Å². The molecule has 1 aromatic carbocycles. The van der Waals surface area contributed by atoms with E-state index >= 15 is 0 Å². The van der Waals surface area contributed by atoms with Gasteiger partial charge in [0.2, 0.25) is 0 Å². The third-order valence-electron chi connectivity index (χ3n) is 2.49. The Kier molecular flexibility index (Phi) is 4.51. The Morgan fingerprint density at radius 2 is 1.81 bits per heavy atom. The molecule has 9 heteroatoms. The number of nitrogens with one attached hydrogen (secondary N) is 2. The van der Waals surface area contributed by atoms with Gasteiger partial charge in [0, 0.05) is 5.75 Å². The lowest BCUT2D eigenvalue weighted by atomic mass is 10.1. The second-order valence-electron chi connectivity index (χ2n) is 3.99. The first kappa shape index (κ1) is 15.4. The fraction of sp³-hybridized carbons (Fsp3) is 0.250. The fourth-order valence-corrected chi connectivity index (χ4v) is 2.31. The van der Waals surface area contributed by atoms with Crippen LogP contribution in [0.3, 0.4) is 0 Å². The van der Waals surface area contributed by atoms with Crippen LogP contribution < -0.4 is 10.6 Å². The summed E-state index contributed by atoms with van der Waals surface area (Å²) in [4.78, 5) is 27.1. The van der Waals surface area contributed by atoms with Gasteiger partial charge in [-0.25, -0.2) is 0 Å². The molecule has 5 nitrogen and oxygen atoms in total. The van der Waals surface area contributed by atoms with Gasteiger partial charge in [-0.1, -0.05) is 23.9 Å². The van der Waals surface area contributed by atoms with E-state index in [1.54, 1.807) is 0 Å². The lowest BCUT2D eigenvalue weighted by molar-refractivity contribution is -0.137. The Hall–Kier alpha value is -2.03. The summed E-state index contributed by atoms with van der Waals surface area (Å²) < 4.78 is 38.3. The minimum atomic E-state index is -4.62. The average Bonchev–Trinajstić information content (AvgIpc) is 2.91. The number of rotatable bonds is 1. The zero-order valence-electron chi connectivity index (χ0n) is 10.5. The minimum absolute atomic E-state index is 0.291. The van der Waals surface area contributed by atoms with Gasteiger partial charge in [0.25, 0.3) is 0 Å². The number of amidine groups is 1. The van der Waals surface area contributed by atoms with Gasteiger partial charge in [0.05, 0.1) is 17.8 Å². The van der Waals surface area contributed by atoms with Gasteiger partial charge in [0.1, 0.15) is 0 Å². The van der Waals surface area contributed by atoms with Gasteiger partial charge in [-0.3, -0.25) is 19.9 Å². The first-order valence-electron chi connectivity index (χ1n) is 5.84. The molecular weight excluding hydrogens is 307 g/mol. The van der Waals surface area contributed by atoms with Crippen LogP contribution in [0.25, 0.3) is 0 Å². The van der Waals surface area contributed by atoms with Gasteiger partial charge < -0.3 is 5.32 Å². The number of aliphatic imine (C=N–C) groups is 1. The van der Waals surface area contributed by atoms with Crippen molar-refractivity contribution in [3.8, 4) is 0 Å². The smallest absolute Gasteiger partial charge is 0.317 e. The summed E-state index contributed by atoms with van der Waals surface area (Å²) in [7, 11) is 0. The van der Waals surface area contributed by atoms with E-state index in [9.17, 15) is 22.8 Å². The summed E-state index contributed by atoms with van der Waals surface area (Å²) in [6.07, 6.45) is -4.62. The largest absolute Gasteiger partial charge is 0.418 e. The Bertz CT molecular complexity index is 602. The summed E-state index contributed by atoms with van der Waals surface area (Å²) in [6, 6.07) is 4.43. The maximum atomic E-state index is 12.8. The highest BCUT2D eigenvalue weighted by Gasteiger charge is 2.34. The van der Waals surface area contributed by atoms with Crippen LogP contribution in [0.5, 0.6) is 0 Å². The lowest BCUT2D eigenvalue weighted by Gasteiger charge is -2.13. The predicted octanol–water partition coefficient (Wildman–Crippen LogP) is 1.86. The summed E-state index contributed by atoms with van der Waals surface area (Å²) in [5.41, 5.74) is -1.48. The van der Waals surface area contributed by atoms with Crippen LogP contribution in [0.4, 0.5) is 18.9 Å². The van der Waals surface area contributed by atoms with Crippen molar-refractivity contribution in [1.29, 1.82) is 0 Å². The average molecular weight is 317 g/mol. The summed E-state index contributed by atoms with van der Waals surface area (Å²) >= 11 is 1.26. The summed E-state index contributed by atoms with van der Waals surface area (Å²) in [6.45, 7) is 0.527. The van der Waals surface area contributed by atoms with Crippen LogP contribution in [0.2, 0.25) is 0 Å². The molecule has 0 radical (unpaired) electrons. The molecule has 1 heterocycles. The highest BCUT2D eigenvalue weighted by Crippen LogP contribution is 2.34. The van der Waals surface area contributed by atoms with E-state index in [0.717, 1.165) is 12.1 Å². The van der Waals surface area contributed by atoms with E-state index < -0.39 is 29.2 Å². The van der Waals surface area contributed by atoms with Crippen molar-refractivity contribution in [2.24, 2.45) is 4.99 Å². The maximum Gasteiger partial charge on any atom is 0.418 e. The number of para-hydroxylation sites is 1. The molecule has 2 N–H and O–H groups in total. The molecule has 0 atom stereocenters. The molecular formula is C12H10F3N3O2S. The summed E-state index contributed by atoms with van der Waals surface area (Å²) in [5.74, 6) is -1.55. The molecule has 0 bridgehead atoms. The van der Waals surface area contributed by atoms with E-state index in [1.165, 1.54) is 23.9 Å². The Labute approximate surface area is 122 Å². The normalized spacial score (nSPS) is 14.5. The second kappa shape index (κ2) is 6.17. The first-order chi connectivity index (χ1) is 9.88. The Morgan fingerprint density at radius 1 is 1.14 bits per heavy atom. The highest BCUT2D eigenvalue weighted by atomic mass is 32.2. The lowest BCUT2D eigenvalue weighted by Crippen LogP contribution is -2.38. The van der Waals surface area contributed by atoms with Gasteiger partial charge in [-0.15, -0.1) is 0 Å². The van der Waals surface area contributed by atoms with Crippen LogP contribution in [0.1, 0.15) is 5.56 Å². The zero-order valence-corrected chi connectivity index (χ0v) is 11.3. The van der Waals surface area contributed by atoms with Crippen molar-refractivity contribution < 1.29 is 22.8 Å². The molecule has 0 unspecified atom stereocenters. The van der Waals surface area contributed by atoms with Crippen LogP contribution in [-0.2, 0) is 15.8 Å². The van der Waals surface area contributed by atoms with Crippen molar-refractivity contribution >= 4 is 34.4 Å². The quantitative estimate of drug-likeness (QED) is 0.777. The molecule has 1 aliphatic rings. The van der Waals surface area contributed by atoms with Crippen LogP contribution in [-0.4, -0.2) is 29.3 Å². The number of anilines is 1. The molecule has 0 fully saturated rings. The molecule has 0 saturated heterocycles. The van der Waals surface area contributed by atoms with Crippen LogP contribution in [0, 0.1) is 0 Å². The molecule has 1 aliphatic heterocycles. The molecule has 0 aliphatic carbocycles. The topological polar surface area (TPSA) is 70.6 Å². The number of hydrogen-bond acceptors (Lipinski definition) is 4. The first-order valence-corrected chi connectivity index (χ1v) is 6.82. The molecule has 1 aromatic rings. The number of benzene rings is 1. The monoisotopic (exact) mass is 317 g/mol. The zero-order chi connectivity index (χ0) is 15.5. The van der Waals surface area contributed by atoms with E-state index in [1.807, 2.05) is 5.32 Å². The number of alkyl halides is 3. The molecule has 2 rings (SSSR count). The van der Waals surface area contributed by atoms with Gasteiger partial charge in [0.15, 0.2) is 5.17 Å². The molecule has 0 saturated carbocycles. The Balaban J connectivity index is 2.07. The van der Waals surface area contributed by atoms with E-state index in [0.29, 0.717) is 17.5 Å². The third kappa shape index (κ3) is 3.97. The third-order valence-corrected chi connectivity index (χ3v) is 3.38. The van der Waals surface area contributed by atoms with Crippen molar-refractivity contribution in [2.45, 2.75) is 6.18 Å². The number of thioether (sulfide) groups is 1. The van der Waals surface area contributed by atoms with Crippen molar-refractivity contribution in [2.75, 3.05) is 17.6 Å². The van der Waals surface area contributed by atoms with Gasteiger partial charge >= 0.3 is 18.0 Å². The molecule has 0 aromatic heterocycles. The molecule has 21 heavy (non-hydrogen) atoms. The maximum absolute atomic E-state index is 12.8. The van der Waals surface area contributed by atoms with E-state index in [2.05, 4.69) is 10.3 Å². The van der Waals surface area contributed by atoms with E-state index in [-0.39, 0.29) is 0 Å². The summed E-state index contributed by atoms with van der Waals surface area (Å²) in [5, 5.41) is 4.48. The second-order valence-corrected chi connectivity index (χ2v) is 5.07. The van der Waals surface area contributed by atoms with E-state index in [4.69, 9.17) is 0 Å². The fourth-order valence-electron chi connectivity index (χ4n) is 1.58.